The van der Waals surface area contributed by atoms with E-state index in [2.05, 4.69) is 78.7 Å². The lowest BCUT2D eigenvalue weighted by Gasteiger charge is -2.23. The molecule has 5 heteroatoms. The Balaban J connectivity index is 0.00000441. The van der Waals surface area contributed by atoms with Gasteiger partial charge in [-0.05, 0) is 32.9 Å². The van der Waals surface area contributed by atoms with E-state index in [1.165, 1.54) is 5.56 Å². The Labute approximate surface area is 152 Å². The largest absolute Gasteiger partial charge is 0.357 e. The fourth-order valence-corrected chi connectivity index (χ4v) is 1.98. The summed E-state index contributed by atoms with van der Waals surface area (Å²) in [5.41, 5.74) is 1.34. The molecule has 0 saturated heterocycles. The zero-order valence-corrected chi connectivity index (χ0v) is 16.6. The first-order valence-corrected chi connectivity index (χ1v) is 7.93. The Hall–Kier alpha value is -0.820. The molecule has 126 valence electrons. The van der Waals surface area contributed by atoms with Crippen LogP contribution in [0, 0.1) is 0 Å². The Kier molecular flexibility index (Phi) is 12.2. The highest BCUT2D eigenvalue weighted by Crippen LogP contribution is 2.06. The van der Waals surface area contributed by atoms with E-state index in [1.807, 2.05) is 0 Å². The van der Waals surface area contributed by atoms with Crippen molar-refractivity contribution in [3.05, 3.63) is 35.9 Å². The number of guanidine groups is 1. The van der Waals surface area contributed by atoms with Crippen LogP contribution in [0.4, 0.5) is 0 Å². The van der Waals surface area contributed by atoms with Crippen LogP contribution >= 0.6 is 24.0 Å². The summed E-state index contributed by atoms with van der Waals surface area (Å²) < 4.78 is 0. The van der Waals surface area contributed by atoms with Crippen molar-refractivity contribution in [3.63, 3.8) is 0 Å². The minimum atomic E-state index is 0. The van der Waals surface area contributed by atoms with Crippen molar-refractivity contribution in [3.8, 4) is 0 Å². The van der Waals surface area contributed by atoms with E-state index in [-0.39, 0.29) is 24.0 Å². The molecular weight excluding hydrogens is 387 g/mol. The lowest BCUT2D eigenvalue weighted by molar-refractivity contribution is 0.255. The van der Waals surface area contributed by atoms with Gasteiger partial charge in [-0.15, -0.1) is 24.0 Å². The molecule has 22 heavy (non-hydrogen) atoms. The molecule has 0 aliphatic carbocycles. The summed E-state index contributed by atoms with van der Waals surface area (Å²) in [4.78, 5) is 7.00. The predicted molar refractivity (Wildman–Crippen MR) is 107 cm³/mol. The van der Waals surface area contributed by atoms with E-state index in [9.17, 15) is 0 Å². The van der Waals surface area contributed by atoms with Gasteiger partial charge in [0.15, 0.2) is 5.96 Å². The lowest BCUT2D eigenvalue weighted by Crippen LogP contribution is -2.39. The van der Waals surface area contributed by atoms with E-state index in [4.69, 9.17) is 0 Å². The molecule has 1 aromatic carbocycles. The van der Waals surface area contributed by atoms with Gasteiger partial charge < -0.3 is 10.6 Å². The number of rotatable bonds is 8. The first-order valence-electron chi connectivity index (χ1n) is 7.93. The zero-order valence-electron chi connectivity index (χ0n) is 14.3. The van der Waals surface area contributed by atoms with Crippen LogP contribution in [0.15, 0.2) is 35.3 Å². The molecule has 0 bridgehead atoms. The van der Waals surface area contributed by atoms with Crippen LogP contribution in [0.5, 0.6) is 0 Å². The maximum Gasteiger partial charge on any atom is 0.191 e. The topological polar surface area (TPSA) is 39.7 Å². The molecule has 1 rings (SSSR count). The van der Waals surface area contributed by atoms with Gasteiger partial charge in [-0.1, -0.05) is 37.3 Å². The van der Waals surface area contributed by atoms with Gasteiger partial charge in [-0.25, -0.2) is 0 Å². The second-order valence-electron chi connectivity index (χ2n) is 5.40. The molecule has 0 saturated carbocycles. The van der Waals surface area contributed by atoms with Crippen LogP contribution in [-0.2, 0) is 6.54 Å². The molecule has 0 fully saturated rings. The summed E-state index contributed by atoms with van der Waals surface area (Å²) in [5.74, 6) is 0.916. The van der Waals surface area contributed by atoms with E-state index in [1.54, 1.807) is 0 Å². The van der Waals surface area contributed by atoms with E-state index >= 15 is 0 Å². The highest BCUT2D eigenvalue weighted by atomic mass is 127. The molecule has 0 amide bonds. The van der Waals surface area contributed by atoms with Gasteiger partial charge in [-0.3, -0.25) is 9.89 Å². The third kappa shape index (κ3) is 8.58. The second-order valence-corrected chi connectivity index (χ2v) is 5.40. The van der Waals surface area contributed by atoms with E-state index < -0.39 is 0 Å². The van der Waals surface area contributed by atoms with Crippen LogP contribution in [0.3, 0.4) is 0 Å². The van der Waals surface area contributed by atoms with Gasteiger partial charge in [0, 0.05) is 25.7 Å². The normalized spacial score (nSPS) is 12.7. The fraction of sp³-hybridized carbons (Fsp3) is 0.588. The molecule has 0 radical (unpaired) electrons. The maximum atomic E-state index is 4.67. The molecule has 1 unspecified atom stereocenters. The van der Waals surface area contributed by atoms with Crippen LogP contribution in [0.2, 0.25) is 0 Å². The minimum Gasteiger partial charge on any atom is -0.357 e. The fourth-order valence-electron chi connectivity index (χ4n) is 1.98. The van der Waals surface area contributed by atoms with Crippen molar-refractivity contribution in [2.24, 2.45) is 4.99 Å². The number of hydrogen-bond acceptors (Lipinski definition) is 2. The van der Waals surface area contributed by atoms with Crippen molar-refractivity contribution < 1.29 is 0 Å². The number of likely N-dealkylation sites (N-methyl/N-ethyl adjacent to an activating group) is 1. The summed E-state index contributed by atoms with van der Waals surface area (Å²) in [5, 5.41) is 6.62. The van der Waals surface area contributed by atoms with Crippen molar-refractivity contribution in [1.82, 2.24) is 15.5 Å². The highest BCUT2D eigenvalue weighted by molar-refractivity contribution is 14.0. The molecule has 0 spiro atoms. The van der Waals surface area contributed by atoms with Crippen LogP contribution in [0.25, 0.3) is 0 Å². The Morgan fingerprint density at radius 1 is 1.18 bits per heavy atom. The van der Waals surface area contributed by atoms with E-state index in [0.717, 1.165) is 38.6 Å². The third-order valence-corrected chi connectivity index (χ3v) is 3.43. The molecule has 0 heterocycles. The van der Waals surface area contributed by atoms with Gasteiger partial charge in [0.05, 0.1) is 6.54 Å². The number of nitrogens with zero attached hydrogens (tertiary/aromatic N) is 2. The predicted octanol–water partition coefficient (Wildman–Crippen LogP) is 3.09. The Bertz CT molecular complexity index is 408. The van der Waals surface area contributed by atoms with Gasteiger partial charge in [0.25, 0.3) is 0 Å². The van der Waals surface area contributed by atoms with Crippen LogP contribution in [-0.4, -0.2) is 43.6 Å². The molecular formula is C17H31IN4. The SMILES string of the molecule is CCCNC(=NCC(C)N(C)Cc1ccccc1)NCC.I. The van der Waals surface area contributed by atoms with Gasteiger partial charge in [-0.2, -0.15) is 0 Å². The number of benzene rings is 1. The summed E-state index contributed by atoms with van der Waals surface area (Å²) in [7, 11) is 2.15. The lowest BCUT2D eigenvalue weighted by atomic mass is 10.2. The monoisotopic (exact) mass is 418 g/mol. The minimum absolute atomic E-state index is 0. The second kappa shape index (κ2) is 12.7. The number of halogens is 1. The third-order valence-electron chi connectivity index (χ3n) is 3.43. The van der Waals surface area contributed by atoms with Crippen molar-refractivity contribution >= 4 is 29.9 Å². The zero-order chi connectivity index (χ0) is 15.5. The number of hydrogen-bond donors (Lipinski definition) is 2. The van der Waals surface area contributed by atoms with Crippen molar-refractivity contribution in [2.45, 2.75) is 39.8 Å². The molecule has 0 aromatic heterocycles. The molecule has 2 N–H and O–H groups in total. The average molecular weight is 418 g/mol. The summed E-state index contributed by atoms with van der Waals surface area (Å²) in [6.45, 7) is 10.1. The van der Waals surface area contributed by atoms with Crippen LogP contribution < -0.4 is 10.6 Å². The smallest absolute Gasteiger partial charge is 0.191 e. The van der Waals surface area contributed by atoms with Crippen molar-refractivity contribution in [2.75, 3.05) is 26.7 Å². The van der Waals surface area contributed by atoms with E-state index in [0.29, 0.717) is 6.04 Å². The molecule has 1 atom stereocenters. The summed E-state index contributed by atoms with van der Waals surface area (Å²) in [6, 6.07) is 11.0. The Morgan fingerprint density at radius 3 is 2.45 bits per heavy atom. The number of nitrogens with one attached hydrogen (secondary N) is 2. The Morgan fingerprint density at radius 2 is 1.86 bits per heavy atom. The molecule has 4 nitrogen and oxygen atoms in total. The van der Waals surface area contributed by atoms with Gasteiger partial charge in [0.1, 0.15) is 0 Å². The maximum absolute atomic E-state index is 4.67. The average Bonchev–Trinajstić information content (AvgIpc) is 2.50. The van der Waals surface area contributed by atoms with Crippen molar-refractivity contribution in [1.29, 1.82) is 0 Å². The summed E-state index contributed by atoms with van der Waals surface area (Å²) in [6.07, 6.45) is 1.11. The molecule has 0 aliphatic heterocycles. The standard InChI is InChI=1S/C17H30N4.HI/c1-5-12-19-17(18-6-2)20-13-15(3)21(4)14-16-10-8-7-9-11-16;/h7-11,15H,5-6,12-14H2,1-4H3,(H2,18,19,20);1H. The van der Waals surface area contributed by atoms with Gasteiger partial charge >= 0.3 is 0 Å². The van der Waals surface area contributed by atoms with Gasteiger partial charge in [0.2, 0.25) is 0 Å². The summed E-state index contributed by atoms with van der Waals surface area (Å²) >= 11 is 0. The first-order chi connectivity index (χ1) is 10.2. The number of aliphatic imine (C=N–C) groups is 1. The quantitative estimate of drug-likeness (QED) is 0.387. The first kappa shape index (κ1) is 21.2. The van der Waals surface area contributed by atoms with Crippen LogP contribution in [0.1, 0.15) is 32.8 Å². The molecule has 1 aromatic rings. The highest BCUT2D eigenvalue weighted by Gasteiger charge is 2.09. The molecule has 0 aliphatic rings.